The molecule has 0 bridgehead atoms. The number of rotatable bonds is 9. The van der Waals surface area contributed by atoms with Gasteiger partial charge in [-0.25, -0.2) is 4.98 Å². The van der Waals surface area contributed by atoms with E-state index in [9.17, 15) is 13.2 Å². The van der Waals surface area contributed by atoms with Crippen LogP contribution in [0.3, 0.4) is 0 Å². The van der Waals surface area contributed by atoms with Crippen molar-refractivity contribution in [2.24, 2.45) is 5.92 Å². The first-order chi connectivity index (χ1) is 19.6. The minimum absolute atomic E-state index is 0.0564. The van der Waals surface area contributed by atoms with Crippen LogP contribution >= 0.6 is 0 Å². The van der Waals surface area contributed by atoms with E-state index in [4.69, 9.17) is 9.72 Å². The van der Waals surface area contributed by atoms with Gasteiger partial charge < -0.3 is 9.30 Å². The molecule has 0 aliphatic heterocycles. The number of ether oxygens (including phenoxy) is 1. The van der Waals surface area contributed by atoms with Crippen LogP contribution in [0, 0.1) is 12.8 Å². The lowest BCUT2D eigenvalue weighted by Gasteiger charge is -2.18. The summed E-state index contributed by atoms with van der Waals surface area (Å²) in [5.41, 5.74) is 5.60. The number of hydrogen-bond acceptors (Lipinski definition) is 2. The molecule has 1 heterocycles. The van der Waals surface area contributed by atoms with Crippen molar-refractivity contribution in [3.8, 4) is 5.75 Å². The number of benzene rings is 4. The van der Waals surface area contributed by atoms with Crippen LogP contribution in [0.25, 0.3) is 11.0 Å². The van der Waals surface area contributed by atoms with E-state index >= 15 is 0 Å². The molecule has 0 spiro atoms. The molecule has 0 fully saturated rings. The molecule has 0 N–H and O–H groups in total. The molecule has 0 aliphatic carbocycles. The molecule has 0 saturated heterocycles. The van der Waals surface area contributed by atoms with Gasteiger partial charge in [0.05, 0.1) is 16.6 Å². The highest BCUT2D eigenvalue weighted by molar-refractivity contribution is 5.78. The second-order valence-corrected chi connectivity index (χ2v) is 11.2. The van der Waals surface area contributed by atoms with E-state index in [1.807, 2.05) is 54.0 Å². The summed E-state index contributed by atoms with van der Waals surface area (Å²) >= 11 is 0. The Bertz CT molecular complexity index is 1620. The zero-order valence-corrected chi connectivity index (χ0v) is 23.9. The summed E-state index contributed by atoms with van der Waals surface area (Å²) in [5, 5.41) is 0. The monoisotopic (exact) mass is 556 g/mol. The average Bonchev–Trinajstić information content (AvgIpc) is 3.29. The predicted molar refractivity (Wildman–Crippen MR) is 158 cm³/mol. The smallest absolute Gasteiger partial charge is 0.416 e. The maximum Gasteiger partial charge on any atom is 0.416 e. The molecule has 1 aromatic heterocycles. The van der Waals surface area contributed by atoms with Crippen molar-refractivity contribution in [1.29, 1.82) is 0 Å². The third kappa shape index (κ3) is 6.64. The van der Waals surface area contributed by atoms with E-state index in [1.165, 1.54) is 17.2 Å². The summed E-state index contributed by atoms with van der Waals surface area (Å²) in [7, 11) is 0. The van der Waals surface area contributed by atoms with Gasteiger partial charge in [-0.3, -0.25) is 0 Å². The van der Waals surface area contributed by atoms with Crippen molar-refractivity contribution < 1.29 is 17.9 Å². The molecule has 5 rings (SSSR count). The third-order valence-corrected chi connectivity index (χ3v) is 7.44. The van der Waals surface area contributed by atoms with Gasteiger partial charge in [0.2, 0.25) is 0 Å². The van der Waals surface area contributed by atoms with Crippen molar-refractivity contribution >= 4 is 11.0 Å². The molecule has 5 aromatic rings. The Labute approximate surface area is 239 Å². The highest BCUT2D eigenvalue weighted by Gasteiger charge is 2.33. The third-order valence-electron chi connectivity index (χ3n) is 7.44. The molecule has 4 aromatic carbocycles. The van der Waals surface area contributed by atoms with Crippen LogP contribution in [-0.2, 0) is 25.7 Å². The van der Waals surface area contributed by atoms with E-state index in [0.29, 0.717) is 29.6 Å². The zero-order valence-electron chi connectivity index (χ0n) is 23.9. The van der Waals surface area contributed by atoms with E-state index in [0.717, 1.165) is 29.1 Å². The topological polar surface area (TPSA) is 27.1 Å². The normalized spacial score (nSPS) is 12.7. The number of hydrogen-bond donors (Lipinski definition) is 0. The summed E-state index contributed by atoms with van der Waals surface area (Å²) in [6, 6.07) is 28.0. The second-order valence-electron chi connectivity index (χ2n) is 11.2. The van der Waals surface area contributed by atoms with Crippen LogP contribution in [0.15, 0.2) is 91.0 Å². The van der Waals surface area contributed by atoms with Crippen LogP contribution in [-0.4, -0.2) is 9.55 Å². The van der Waals surface area contributed by atoms with Gasteiger partial charge in [0.15, 0.2) is 0 Å². The Morgan fingerprint density at radius 3 is 2.20 bits per heavy atom. The molecule has 6 heteroatoms. The van der Waals surface area contributed by atoms with Crippen molar-refractivity contribution in [2.75, 3.05) is 0 Å². The summed E-state index contributed by atoms with van der Waals surface area (Å²) in [5.74, 6) is 1.80. The van der Waals surface area contributed by atoms with E-state index in [2.05, 4.69) is 45.0 Å². The Balaban J connectivity index is 1.52. The van der Waals surface area contributed by atoms with Crippen LogP contribution in [0.4, 0.5) is 13.2 Å². The molecule has 0 aliphatic rings. The fraction of sp³-hybridized carbons (Fsp3) is 0.286. The molecule has 0 radical (unpaired) electrons. The van der Waals surface area contributed by atoms with E-state index in [1.54, 1.807) is 12.1 Å². The molecular weight excluding hydrogens is 521 g/mol. The molecule has 1 atom stereocenters. The summed E-state index contributed by atoms with van der Waals surface area (Å²) in [6.45, 7) is 8.95. The van der Waals surface area contributed by atoms with Crippen LogP contribution in [0.5, 0.6) is 5.75 Å². The molecule has 1 unspecified atom stereocenters. The standard InChI is InChI=1S/C35H35F3N2O/c1-23(2)19-26-13-15-28(16-14-26)25(4)34-39-32-20-30(41-22-27-11-9-24(3)10-12-27)17-18-33(32)40(34)21-29-7-5-6-8-31(29)35(36,37)38/h5-18,20,23,25H,19,21-22H2,1-4H3. The first kappa shape index (κ1) is 28.5. The quantitative estimate of drug-likeness (QED) is 0.181. The van der Waals surface area contributed by atoms with Crippen molar-refractivity contribution in [2.45, 2.75) is 59.4 Å². The molecule has 0 amide bonds. The fourth-order valence-electron chi connectivity index (χ4n) is 5.23. The lowest BCUT2D eigenvalue weighted by atomic mass is 9.96. The number of imidazole rings is 1. The van der Waals surface area contributed by atoms with Gasteiger partial charge >= 0.3 is 6.18 Å². The Hall–Kier alpha value is -4.06. The van der Waals surface area contributed by atoms with Crippen LogP contribution < -0.4 is 4.74 Å². The van der Waals surface area contributed by atoms with E-state index in [-0.39, 0.29) is 18.0 Å². The average molecular weight is 557 g/mol. The number of nitrogens with zero attached hydrogens (tertiary/aromatic N) is 2. The summed E-state index contributed by atoms with van der Waals surface area (Å²) in [4.78, 5) is 4.98. The van der Waals surface area contributed by atoms with Crippen molar-refractivity contribution in [3.63, 3.8) is 0 Å². The maximum atomic E-state index is 13.9. The SMILES string of the molecule is Cc1ccc(COc2ccc3c(c2)nc(C(C)c2ccc(CC(C)C)cc2)n3Cc2ccccc2C(F)(F)F)cc1. The van der Waals surface area contributed by atoms with Crippen LogP contribution in [0.2, 0.25) is 0 Å². The Morgan fingerprint density at radius 1 is 0.829 bits per heavy atom. The molecule has 41 heavy (non-hydrogen) atoms. The number of aryl methyl sites for hydroxylation is 1. The molecule has 0 saturated carbocycles. The maximum absolute atomic E-state index is 13.9. The zero-order chi connectivity index (χ0) is 29.1. The second kappa shape index (κ2) is 11.8. The highest BCUT2D eigenvalue weighted by Crippen LogP contribution is 2.35. The molecule has 212 valence electrons. The molecule has 3 nitrogen and oxygen atoms in total. The highest BCUT2D eigenvalue weighted by atomic mass is 19.4. The van der Waals surface area contributed by atoms with Gasteiger partial charge in [-0.2, -0.15) is 13.2 Å². The Morgan fingerprint density at radius 2 is 1.51 bits per heavy atom. The lowest BCUT2D eigenvalue weighted by Crippen LogP contribution is -2.14. The lowest BCUT2D eigenvalue weighted by molar-refractivity contribution is -0.138. The first-order valence-electron chi connectivity index (χ1n) is 14.0. The first-order valence-corrected chi connectivity index (χ1v) is 14.0. The number of alkyl halides is 3. The number of halogens is 3. The van der Waals surface area contributed by atoms with Gasteiger partial charge in [0.1, 0.15) is 18.2 Å². The minimum Gasteiger partial charge on any atom is -0.489 e. The van der Waals surface area contributed by atoms with Gasteiger partial charge in [-0.15, -0.1) is 0 Å². The van der Waals surface area contributed by atoms with Gasteiger partial charge in [-0.05, 0) is 59.7 Å². The predicted octanol–water partition coefficient (Wildman–Crippen LogP) is 9.34. The minimum atomic E-state index is -4.44. The van der Waals surface area contributed by atoms with Crippen LogP contribution in [0.1, 0.15) is 65.9 Å². The summed E-state index contributed by atoms with van der Waals surface area (Å²) < 4.78 is 49.7. The number of fused-ring (bicyclic) bond motifs is 1. The molecular formula is C35H35F3N2O. The van der Waals surface area contributed by atoms with Crippen molar-refractivity contribution in [1.82, 2.24) is 9.55 Å². The van der Waals surface area contributed by atoms with Gasteiger partial charge in [0.25, 0.3) is 0 Å². The summed E-state index contributed by atoms with van der Waals surface area (Å²) in [6.07, 6.45) is -3.45. The van der Waals surface area contributed by atoms with Gasteiger partial charge in [0, 0.05) is 18.5 Å². The van der Waals surface area contributed by atoms with Gasteiger partial charge in [-0.1, -0.05) is 93.1 Å². The van der Waals surface area contributed by atoms with Crippen molar-refractivity contribution in [3.05, 3.63) is 130 Å². The largest absolute Gasteiger partial charge is 0.489 e. The fourth-order valence-corrected chi connectivity index (χ4v) is 5.23. The number of aromatic nitrogens is 2. The Kier molecular flexibility index (Phi) is 8.20. The van der Waals surface area contributed by atoms with E-state index < -0.39 is 11.7 Å².